The number of hydrogen-bond donors (Lipinski definition) is 2. The highest BCUT2D eigenvalue weighted by atomic mass is 32.2. The van der Waals surface area contributed by atoms with Crippen molar-refractivity contribution >= 4 is 40.6 Å². The van der Waals surface area contributed by atoms with Crippen LogP contribution in [0.1, 0.15) is 17.2 Å². The standard InChI is InChI=1S/C19H17N3O3S2/c1-25-13-5-2-4-12(8-13)21-18(24)11-27-19-15(10-20)14(9-17(23)22-19)16-6-3-7-26-16/h2-8,14H,9,11H2,1H3,(H,21,24)(H,22,23)/t14-/m1/s1. The van der Waals surface area contributed by atoms with Crippen molar-refractivity contribution in [2.24, 2.45) is 0 Å². The average Bonchev–Trinajstić information content (AvgIpc) is 3.20. The number of allylic oxidation sites excluding steroid dienone is 1. The van der Waals surface area contributed by atoms with Crippen LogP contribution in [0.2, 0.25) is 0 Å². The zero-order valence-electron chi connectivity index (χ0n) is 14.5. The maximum atomic E-state index is 12.3. The Morgan fingerprint density at radius 3 is 3.00 bits per heavy atom. The summed E-state index contributed by atoms with van der Waals surface area (Å²) in [4.78, 5) is 25.3. The van der Waals surface area contributed by atoms with Gasteiger partial charge in [0, 0.05) is 29.0 Å². The smallest absolute Gasteiger partial charge is 0.234 e. The first kappa shape index (κ1) is 19.0. The van der Waals surface area contributed by atoms with Crippen molar-refractivity contribution in [2.75, 3.05) is 18.2 Å². The number of carbonyl (C=O) groups is 2. The fourth-order valence-electron chi connectivity index (χ4n) is 2.70. The van der Waals surface area contributed by atoms with E-state index < -0.39 is 0 Å². The Kier molecular flexibility index (Phi) is 6.16. The third kappa shape index (κ3) is 4.70. The van der Waals surface area contributed by atoms with E-state index in [9.17, 15) is 14.9 Å². The number of ether oxygens (including phenoxy) is 1. The Balaban J connectivity index is 1.70. The molecule has 2 N–H and O–H groups in total. The third-order valence-corrected chi connectivity index (χ3v) is 5.95. The third-order valence-electron chi connectivity index (χ3n) is 3.94. The number of benzene rings is 1. The van der Waals surface area contributed by atoms with E-state index in [0.717, 1.165) is 16.6 Å². The molecule has 1 aromatic carbocycles. The summed E-state index contributed by atoms with van der Waals surface area (Å²) in [6.07, 6.45) is 0.240. The van der Waals surface area contributed by atoms with Gasteiger partial charge in [-0.2, -0.15) is 5.26 Å². The SMILES string of the molecule is COc1cccc(NC(=O)CSC2=C(C#N)[C@H](c3cccs3)CC(=O)N2)c1. The highest BCUT2D eigenvalue weighted by Crippen LogP contribution is 2.37. The Morgan fingerprint density at radius 1 is 1.44 bits per heavy atom. The first-order chi connectivity index (χ1) is 13.1. The largest absolute Gasteiger partial charge is 0.497 e. The lowest BCUT2D eigenvalue weighted by molar-refractivity contribution is -0.121. The number of thiophene rings is 1. The molecule has 138 valence electrons. The maximum Gasteiger partial charge on any atom is 0.234 e. The number of methoxy groups -OCH3 is 1. The number of carbonyl (C=O) groups excluding carboxylic acids is 2. The molecule has 27 heavy (non-hydrogen) atoms. The Labute approximate surface area is 165 Å². The number of anilines is 1. The van der Waals surface area contributed by atoms with Crippen molar-refractivity contribution in [3.63, 3.8) is 0 Å². The van der Waals surface area contributed by atoms with Crippen LogP contribution in [0, 0.1) is 11.3 Å². The molecular weight excluding hydrogens is 382 g/mol. The van der Waals surface area contributed by atoms with Gasteiger partial charge >= 0.3 is 0 Å². The second-order valence-corrected chi connectivity index (χ2v) is 7.71. The molecule has 0 aliphatic carbocycles. The fourth-order valence-corrected chi connectivity index (χ4v) is 4.42. The van der Waals surface area contributed by atoms with Crippen LogP contribution in [0.5, 0.6) is 5.75 Å². The predicted molar refractivity (Wildman–Crippen MR) is 107 cm³/mol. The monoisotopic (exact) mass is 399 g/mol. The van der Waals surface area contributed by atoms with Crippen LogP contribution < -0.4 is 15.4 Å². The van der Waals surface area contributed by atoms with E-state index in [0.29, 0.717) is 22.0 Å². The number of nitriles is 1. The molecule has 0 spiro atoms. The molecule has 0 saturated carbocycles. The molecule has 0 saturated heterocycles. The van der Waals surface area contributed by atoms with Crippen LogP contribution in [0.3, 0.4) is 0 Å². The van der Waals surface area contributed by atoms with Crippen LogP contribution in [0.4, 0.5) is 5.69 Å². The molecule has 6 nitrogen and oxygen atoms in total. The topological polar surface area (TPSA) is 91.2 Å². The minimum absolute atomic E-state index is 0.0785. The quantitative estimate of drug-likeness (QED) is 0.776. The molecule has 1 aliphatic rings. The van der Waals surface area contributed by atoms with E-state index in [1.807, 2.05) is 17.5 Å². The van der Waals surface area contributed by atoms with Gasteiger partial charge in [0.25, 0.3) is 0 Å². The summed E-state index contributed by atoms with van der Waals surface area (Å²) in [5.74, 6) is 0.0874. The minimum Gasteiger partial charge on any atom is -0.497 e. The van der Waals surface area contributed by atoms with Crippen LogP contribution in [-0.4, -0.2) is 24.7 Å². The molecule has 0 fully saturated rings. The first-order valence-corrected chi connectivity index (χ1v) is 10.0. The molecule has 2 amide bonds. The van der Waals surface area contributed by atoms with Gasteiger partial charge in [0.1, 0.15) is 5.75 Å². The van der Waals surface area contributed by atoms with Gasteiger partial charge in [-0.25, -0.2) is 0 Å². The van der Waals surface area contributed by atoms with Gasteiger partial charge in [-0.15, -0.1) is 11.3 Å². The van der Waals surface area contributed by atoms with E-state index in [1.165, 1.54) is 11.3 Å². The summed E-state index contributed by atoms with van der Waals surface area (Å²) in [7, 11) is 1.56. The van der Waals surface area contributed by atoms with Gasteiger partial charge in [0.05, 0.1) is 29.5 Å². The summed E-state index contributed by atoms with van der Waals surface area (Å²) >= 11 is 2.68. The lowest BCUT2D eigenvalue weighted by Crippen LogP contribution is -2.31. The zero-order chi connectivity index (χ0) is 19.2. The van der Waals surface area contributed by atoms with Gasteiger partial charge in [-0.1, -0.05) is 23.9 Å². The number of rotatable bonds is 6. The van der Waals surface area contributed by atoms with Gasteiger partial charge in [0.15, 0.2) is 0 Å². The Bertz CT molecular complexity index is 917. The van der Waals surface area contributed by atoms with Gasteiger partial charge in [-0.05, 0) is 23.6 Å². The number of nitrogens with zero attached hydrogens (tertiary/aromatic N) is 1. The van der Waals surface area contributed by atoms with Crippen LogP contribution in [-0.2, 0) is 9.59 Å². The summed E-state index contributed by atoms with van der Waals surface area (Å²) in [5.41, 5.74) is 1.12. The van der Waals surface area contributed by atoms with Crippen LogP contribution in [0.25, 0.3) is 0 Å². The summed E-state index contributed by atoms with van der Waals surface area (Å²) in [5, 5.41) is 17.5. The number of nitrogens with one attached hydrogen (secondary N) is 2. The van der Waals surface area contributed by atoms with Crippen molar-refractivity contribution in [1.82, 2.24) is 5.32 Å². The van der Waals surface area contributed by atoms with Crippen molar-refractivity contribution in [1.29, 1.82) is 5.26 Å². The maximum absolute atomic E-state index is 12.3. The molecule has 8 heteroatoms. The van der Waals surface area contributed by atoms with Crippen LogP contribution >= 0.6 is 23.1 Å². The molecule has 1 aromatic heterocycles. The highest BCUT2D eigenvalue weighted by molar-refractivity contribution is 8.03. The van der Waals surface area contributed by atoms with E-state index in [4.69, 9.17) is 4.74 Å². The van der Waals surface area contributed by atoms with Crippen molar-refractivity contribution < 1.29 is 14.3 Å². The molecule has 1 aliphatic heterocycles. The summed E-state index contributed by atoms with van der Waals surface area (Å²) < 4.78 is 5.13. The summed E-state index contributed by atoms with van der Waals surface area (Å²) in [6, 6.07) is 13.1. The van der Waals surface area contributed by atoms with E-state index in [2.05, 4.69) is 16.7 Å². The first-order valence-electron chi connectivity index (χ1n) is 8.15. The molecular formula is C19H17N3O3S2. The zero-order valence-corrected chi connectivity index (χ0v) is 16.2. The lowest BCUT2D eigenvalue weighted by Gasteiger charge is -2.23. The van der Waals surface area contributed by atoms with Crippen molar-refractivity contribution in [3.8, 4) is 11.8 Å². The van der Waals surface area contributed by atoms with Crippen molar-refractivity contribution in [2.45, 2.75) is 12.3 Å². The second-order valence-electron chi connectivity index (χ2n) is 5.74. The molecule has 3 rings (SSSR count). The van der Waals surface area contributed by atoms with E-state index in [-0.39, 0.29) is 29.9 Å². The molecule has 0 unspecified atom stereocenters. The van der Waals surface area contributed by atoms with Gasteiger partial charge in [0.2, 0.25) is 11.8 Å². The normalized spacial score (nSPS) is 16.4. The van der Waals surface area contributed by atoms with Gasteiger partial charge in [-0.3, -0.25) is 9.59 Å². The molecule has 0 radical (unpaired) electrons. The van der Waals surface area contributed by atoms with Gasteiger partial charge < -0.3 is 15.4 Å². The Morgan fingerprint density at radius 2 is 2.30 bits per heavy atom. The van der Waals surface area contributed by atoms with E-state index >= 15 is 0 Å². The second kappa shape index (κ2) is 8.75. The lowest BCUT2D eigenvalue weighted by atomic mass is 9.93. The van der Waals surface area contributed by atoms with E-state index in [1.54, 1.807) is 31.4 Å². The minimum atomic E-state index is -0.257. The molecule has 0 bridgehead atoms. The number of amides is 2. The number of thioether (sulfide) groups is 1. The molecule has 1 atom stereocenters. The highest BCUT2D eigenvalue weighted by Gasteiger charge is 2.30. The molecule has 2 heterocycles. The van der Waals surface area contributed by atoms with Crippen LogP contribution in [0.15, 0.2) is 52.4 Å². The average molecular weight is 399 g/mol. The predicted octanol–water partition coefficient (Wildman–Crippen LogP) is 3.47. The fraction of sp³-hybridized carbons (Fsp3) is 0.211. The summed E-state index contributed by atoms with van der Waals surface area (Å²) in [6.45, 7) is 0. The van der Waals surface area contributed by atoms with Crippen molar-refractivity contribution in [3.05, 3.63) is 57.3 Å². The number of hydrogen-bond acceptors (Lipinski definition) is 6. The Hall–Kier alpha value is -2.76. The molecule has 2 aromatic rings.